The molecule has 0 radical (unpaired) electrons. The van der Waals surface area contributed by atoms with E-state index in [2.05, 4.69) is 0 Å². The summed E-state index contributed by atoms with van der Waals surface area (Å²) in [5, 5.41) is 0. The average Bonchev–Trinajstić information content (AvgIpc) is 2.14. The molecule has 0 aromatic carbocycles. The molecule has 1 fully saturated rings. The van der Waals surface area contributed by atoms with Crippen molar-refractivity contribution in [2.24, 2.45) is 5.73 Å². The van der Waals surface area contributed by atoms with E-state index in [0.717, 1.165) is 25.7 Å². The highest BCUT2D eigenvalue weighted by Gasteiger charge is 2.26. The van der Waals surface area contributed by atoms with Gasteiger partial charge in [0.2, 0.25) is 0 Å². The van der Waals surface area contributed by atoms with Crippen molar-refractivity contribution < 1.29 is 14.3 Å². The third kappa shape index (κ3) is 6.03. The van der Waals surface area contributed by atoms with Crippen LogP contribution in [0.3, 0.4) is 0 Å². The Labute approximate surface area is 104 Å². The Hall–Kier alpha value is -0.610. The van der Waals surface area contributed by atoms with E-state index in [1.807, 2.05) is 20.8 Å². The third-order valence-corrected chi connectivity index (χ3v) is 2.99. The minimum absolute atomic E-state index is 0.0246. The van der Waals surface area contributed by atoms with Crippen LogP contribution in [-0.4, -0.2) is 30.3 Å². The molecule has 1 rings (SSSR count). The van der Waals surface area contributed by atoms with Gasteiger partial charge in [-0.1, -0.05) is 0 Å². The lowest BCUT2D eigenvalue weighted by molar-refractivity contribution is -0.159. The van der Waals surface area contributed by atoms with E-state index in [4.69, 9.17) is 15.2 Å². The van der Waals surface area contributed by atoms with Gasteiger partial charge in [0.15, 0.2) is 0 Å². The summed E-state index contributed by atoms with van der Waals surface area (Å²) in [6.07, 6.45) is 4.16. The van der Waals surface area contributed by atoms with Gasteiger partial charge in [-0.25, -0.2) is 0 Å². The van der Waals surface area contributed by atoms with Crippen molar-refractivity contribution in [2.75, 3.05) is 0 Å². The second kappa shape index (κ2) is 6.97. The maximum Gasteiger partial charge on any atom is 0.306 e. The highest BCUT2D eigenvalue weighted by atomic mass is 16.6. The Morgan fingerprint density at radius 1 is 1.41 bits per heavy atom. The van der Waals surface area contributed by atoms with Crippen LogP contribution in [0.15, 0.2) is 0 Å². The Morgan fingerprint density at radius 3 is 2.53 bits per heavy atom. The molecule has 2 N–H and O–H groups in total. The first kappa shape index (κ1) is 14.5. The van der Waals surface area contributed by atoms with Crippen LogP contribution in [0, 0.1) is 0 Å². The number of esters is 1. The summed E-state index contributed by atoms with van der Waals surface area (Å²) in [6.45, 7) is 5.99. The smallest absolute Gasteiger partial charge is 0.306 e. The molecule has 100 valence electrons. The predicted octanol–water partition coefficient (Wildman–Crippen LogP) is 2.00. The molecule has 0 amide bonds. The van der Waals surface area contributed by atoms with Gasteiger partial charge in [-0.05, 0) is 33.6 Å². The molecule has 1 saturated heterocycles. The van der Waals surface area contributed by atoms with E-state index in [1.165, 1.54) is 0 Å². The maximum absolute atomic E-state index is 11.6. The van der Waals surface area contributed by atoms with Crippen LogP contribution in [0.1, 0.15) is 52.9 Å². The standard InChI is InChI=1S/C13H25NO3/c1-9(14)5-4-6-13(15)17-12-7-10(2)16-11(3)8-12/h9-12H,4-8,14H2,1-3H3. The fourth-order valence-corrected chi connectivity index (χ4v) is 2.25. The summed E-state index contributed by atoms with van der Waals surface area (Å²) in [6, 6.07) is 0.158. The molecule has 0 aromatic rings. The zero-order valence-corrected chi connectivity index (χ0v) is 11.1. The van der Waals surface area contributed by atoms with Gasteiger partial charge in [0, 0.05) is 25.3 Å². The van der Waals surface area contributed by atoms with Gasteiger partial charge in [-0.3, -0.25) is 4.79 Å². The van der Waals surface area contributed by atoms with E-state index >= 15 is 0 Å². The fourth-order valence-electron chi connectivity index (χ4n) is 2.25. The van der Waals surface area contributed by atoms with Crippen LogP contribution in [0.5, 0.6) is 0 Å². The highest BCUT2D eigenvalue weighted by molar-refractivity contribution is 5.69. The van der Waals surface area contributed by atoms with Gasteiger partial charge in [-0.2, -0.15) is 0 Å². The number of hydrogen-bond acceptors (Lipinski definition) is 4. The molecule has 0 saturated carbocycles. The Kier molecular flexibility index (Phi) is 5.92. The second-order valence-electron chi connectivity index (χ2n) is 5.21. The van der Waals surface area contributed by atoms with Gasteiger partial charge in [0.05, 0.1) is 12.2 Å². The molecule has 0 aromatic heterocycles. The minimum Gasteiger partial charge on any atom is -0.462 e. The molecule has 1 aliphatic rings. The summed E-state index contributed by atoms with van der Waals surface area (Å²) in [7, 11) is 0. The van der Waals surface area contributed by atoms with E-state index in [1.54, 1.807) is 0 Å². The van der Waals surface area contributed by atoms with Crippen molar-refractivity contribution >= 4 is 5.97 Å². The van der Waals surface area contributed by atoms with Gasteiger partial charge in [-0.15, -0.1) is 0 Å². The van der Waals surface area contributed by atoms with Gasteiger partial charge in [0.25, 0.3) is 0 Å². The molecular weight excluding hydrogens is 218 g/mol. The number of hydrogen-bond donors (Lipinski definition) is 1. The molecule has 1 aliphatic heterocycles. The Morgan fingerprint density at radius 2 is 2.00 bits per heavy atom. The summed E-state index contributed by atoms with van der Waals surface area (Å²) in [5.41, 5.74) is 5.63. The summed E-state index contributed by atoms with van der Waals surface area (Å²) in [4.78, 5) is 11.6. The van der Waals surface area contributed by atoms with Gasteiger partial charge in [0.1, 0.15) is 6.10 Å². The highest BCUT2D eigenvalue weighted by Crippen LogP contribution is 2.22. The molecule has 4 nitrogen and oxygen atoms in total. The zero-order valence-electron chi connectivity index (χ0n) is 11.1. The fraction of sp³-hybridized carbons (Fsp3) is 0.923. The van der Waals surface area contributed by atoms with Crippen molar-refractivity contribution in [1.82, 2.24) is 0 Å². The van der Waals surface area contributed by atoms with E-state index in [9.17, 15) is 4.79 Å². The van der Waals surface area contributed by atoms with Crippen LogP contribution in [-0.2, 0) is 14.3 Å². The number of rotatable bonds is 5. The van der Waals surface area contributed by atoms with Crippen molar-refractivity contribution in [3.05, 3.63) is 0 Å². The van der Waals surface area contributed by atoms with E-state index in [0.29, 0.717) is 6.42 Å². The molecule has 3 unspecified atom stereocenters. The third-order valence-electron chi connectivity index (χ3n) is 2.99. The molecule has 3 atom stereocenters. The van der Waals surface area contributed by atoms with Crippen LogP contribution in [0.4, 0.5) is 0 Å². The Balaban J connectivity index is 2.21. The van der Waals surface area contributed by atoms with E-state index < -0.39 is 0 Å². The first-order valence-corrected chi connectivity index (χ1v) is 6.58. The van der Waals surface area contributed by atoms with Crippen LogP contribution >= 0.6 is 0 Å². The first-order chi connectivity index (χ1) is 7.97. The lowest BCUT2D eigenvalue weighted by atomic mass is 10.0. The summed E-state index contributed by atoms with van der Waals surface area (Å²) in [5.74, 6) is -0.100. The molecule has 0 aliphatic carbocycles. The monoisotopic (exact) mass is 243 g/mol. The number of ether oxygens (including phenoxy) is 2. The van der Waals surface area contributed by atoms with Crippen LogP contribution in [0.2, 0.25) is 0 Å². The molecular formula is C13H25NO3. The van der Waals surface area contributed by atoms with Crippen LogP contribution in [0.25, 0.3) is 0 Å². The molecule has 1 heterocycles. The minimum atomic E-state index is -0.100. The van der Waals surface area contributed by atoms with Crippen molar-refractivity contribution in [3.8, 4) is 0 Å². The lowest BCUT2D eigenvalue weighted by Gasteiger charge is -2.31. The topological polar surface area (TPSA) is 61.6 Å². The average molecular weight is 243 g/mol. The quantitative estimate of drug-likeness (QED) is 0.750. The zero-order chi connectivity index (χ0) is 12.8. The van der Waals surface area contributed by atoms with Crippen LogP contribution < -0.4 is 5.73 Å². The lowest BCUT2D eigenvalue weighted by Crippen LogP contribution is -2.35. The number of nitrogens with two attached hydrogens (primary N) is 1. The second-order valence-corrected chi connectivity index (χ2v) is 5.21. The van der Waals surface area contributed by atoms with Crippen molar-refractivity contribution in [3.63, 3.8) is 0 Å². The van der Waals surface area contributed by atoms with Crippen molar-refractivity contribution in [2.45, 2.75) is 77.2 Å². The molecule has 17 heavy (non-hydrogen) atoms. The first-order valence-electron chi connectivity index (χ1n) is 6.58. The normalized spacial score (nSPS) is 30.9. The maximum atomic E-state index is 11.6. The number of carbonyl (C=O) groups is 1. The summed E-state index contributed by atoms with van der Waals surface area (Å²) < 4.78 is 11.1. The summed E-state index contributed by atoms with van der Waals surface area (Å²) >= 11 is 0. The Bertz CT molecular complexity index is 233. The molecule has 0 spiro atoms. The SMILES string of the molecule is CC(N)CCCC(=O)OC1CC(C)OC(C)C1. The molecule has 4 heteroatoms. The molecule has 0 bridgehead atoms. The number of carbonyl (C=O) groups excluding carboxylic acids is 1. The predicted molar refractivity (Wildman–Crippen MR) is 66.6 cm³/mol. The van der Waals surface area contributed by atoms with Gasteiger partial charge >= 0.3 is 5.97 Å². The van der Waals surface area contributed by atoms with E-state index in [-0.39, 0.29) is 30.3 Å². The van der Waals surface area contributed by atoms with Gasteiger partial charge < -0.3 is 15.2 Å². The largest absolute Gasteiger partial charge is 0.462 e. The van der Waals surface area contributed by atoms with Crippen molar-refractivity contribution in [1.29, 1.82) is 0 Å².